The molecule has 0 amide bonds. The standard InChI is InChI=1S/C7H7N2O3/c1-2-12-7(11)5-6(10)9-4-3-8-5/h3-4H,2H2,1H3. The van der Waals surface area contributed by atoms with E-state index in [9.17, 15) is 9.90 Å². The Morgan fingerprint density at radius 2 is 2.17 bits per heavy atom. The van der Waals surface area contributed by atoms with Crippen molar-refractivity contribution in [3.8, 4) is 5.88 Å². The first-order valence-corrected chi connectivity index (χ1v) is 3.41. The van der Waals surface area contributed by atoms with E-state index in [1.807, 2.05) is 0 Å². The molecule has 1 aromatic heterocycles. The molecule has 0 spiro atoms. The first-order chi connectivity index (χ1) is 5.75. The molecule has 0 fully saturated rings. The lowest BCUT2D eigenvalue weighted by Gasteiger charge is -1.98. The van der Waals surface area contributed by atoms with Gasteiger partial charge in [-0.3, -0.25) is 5.11 Å². The van der Waals surface area contributed by atoms with E-state index in [4.69, 9.17) is 0 Å². The van der Waals surface area contributed by atoms with Gasteiger partial charge in [0.2, 0.25) is 5.69 Å². The third-order valence-corrected chi connectivity index (χ3v) is 1.13. The zero-order chi connectivity index (χ0) is 8.97. The molecule has 0 unspecified atom stereocenters. The van der Waals surface area contributed by atoms with Crippen LogP contribution < -0.4 is 0 Å². The molecule has 0 bridgehead atoms. The highest BCUT2D eigenvalue weighted by molar-refractivity contribution is 5.89. The summed E-state index contributed by atoms with van der Waals surface area (Å²) in [5.74, 6) is -1.38. The molecule has 12 heavy (non-hydrogen) atoms. The molecule has 1 rings (SSSR count). The number of hydrogen-bond donors (Lipinski definition) is 0. The van der Waals surface area contributed by atoms with Crippen LogP contribution in [0.4, 0.5) is 0 Å². The summed E-state index contributed by atoms with van der Waals surface area (Å²) in [6.07, 6.45) is 2.50. The van der Waals surface area contributed by atoms with Gasteiger partial charge in [0, 0.05) is 12.4 Å². The van der Waals surface area contributed by atoms with Gasteiger partial charge < -0.3 is 4.74 Å². The zero-order valence-corrected chi connectivity index (χ0v) is 6.48. The monoisotopic (exact) mass is 167 g/mol. The van der Waals surface area contributed by atoms with E-state index in [-0.39, 0.29) is 12.3 Å². The fraction of sp³-hybridized carbons (Fsp3) is 0.286. The molecular weight excluding hydrogens is 160 g/mol. The van der Waals surface area contributed by atoms with Gasteiger partial charge in [-0.15, -0.1) is 0 Å². The number of rotatable bonds is 2. The summed E-state index contributed by atoms with van der Waals surface area (Å²) >= 11 is 0. The van der Waals surface area contributed by atoms with Gasteiger partial charge in [0.25, 0.3) is 0 Å². The van der Waals surface area contributed by atoms with Crippen molar-refractivity contribution in [2.24, 2.45) is 0 Å². The lowest BCUT2D eigenvalue weighted by Crippen LogP contribution is -2.07. The summed E-state index contributed by atoms with van der Waals surface area (Å²) in [6, 6.07) is 0. The molecule has 5 heteroatoms. The first-order valence-electron chi connectivity index (χ1n) is 3.41. The van der Waals surface area contributed by atoms with Gasteiger partial charge in [0.1, 0.15) is 0 Å². The Morgan fingerprint density at radius 3 is 2.75 bits per heavy atom. The summed E-state index contributed by atoms with van der Waals surface area (Å²) in [5.41, 5.74) is -0.264. The van der Waals surface area contributed by atoms with Crippen molar-refractivity contribution in [1.29, 1.82) is 0 Å². The van der Waals surface area contributed by atoms with E-state index in [1.165, 1.54) is 12.4 Å². The van der Waals surface area contributed by atoms with E-state index in [0.717, 1.165) is 0 Å². The minimum Gasteiger partial charge on any atom is -0.461 e. The van der Waals surface area contributed by atoms with Gasteiger partial charge in [-0.1, -0.05) is 0 Å². The van der Waals surface area contributed by atoms with Crippen LogP contribution in [0.5, 0.6) is 5.88 Å². The van der Waals surface area contributed by atoms with Crippen LogP contribution in [0.1, 0.15) is 17.4 Å². The fourth-order valence-electron chi connectivity index (χ4n) is 0.665. The molecule has 5 nitrogen and oxygen atoms in total. The summed E-state index contributed by atoms with van der Waals surface area (Å²) in [7, 11) is 0. The Labute approximate surface area is 69.0 Å². The Balaban J connectivity index is 2.87. The quantitative estimate of drug-likeness (QED) is 0.610. The topological polar surface area (TPSA) is 72.0 Å². The number of carbonyl (C=O) groups excluding carboxylic acids is 1. The Hall–Kier alpha value is -1.65. The van der Waals surface area contributed by atoms with E-state index in [2.05, 4.69) is 14.7 Å². The highest BCUT2D eigenvalue weighted by Gasteiger charge is 2.15. The van der Waals surface area contributed by atoms with Crippen LogP contribution in [0.2, 0.25) is 0 Å². The molecule has 0 aliphatic rings. The summed E-state index contributed by atoms with van der Waals surface area (Å²) < 4.78 is 4.57. The predicted molar refractivity (Wildman–Crippen MR) is 38.1 cm³/mol. The van der Waals surface area contributed by atoms with Gasteiger partial charge in [-0.05, 0) is 6.92 Å². The highest BCUT2D eigenvalue weighted by Crippen LogP contribution is 2.10. The van der Waals surface area contributed by atoms with Gasteiger partial charge in [-0.25, -0.2) is 14.8 Å². The molecule has 0 atom stereocenters. The van der Waals surface area contributed by atoms with E-state index in [0.29, 0.717) is 0 Å². The van der Waals surface area contributed by atoms with E-state index in [1.54, 1.807) is 6.92 Å². The first kappa shape index (κ1) is 8.45. The van der Waals surface area contributed by atoms with Crippen LogP contribution in [0.15, 0.2) is 12.4 Å². The Bertz CT molecular complexity index is 288. The van der Waals surface area contributed by atoms with Gasteiger partial charge in [-0.2, -0.15) is 0 Å². The predicted octanol–water partition coefficient (Wildman–Crippen LogP) is 0.797. The third kappa shape index (κ3) is 1.69. The maximum absolute atomic E-state index is 10.9. The molecule has 0 saturated carbocycles. The Morgan fingerprint density at radius 1 is 1.50 bits per heavy atom. The number of aromatic nitrogens is 2. The number of hydrogen-bond acceptors (Lipinski definition) is 4. The lowest BCUT2D eigenvalue weighted by molar-refractivity contribution is 0.0512. The van der Waals surface area contributed by atoms with Crippen molar-refractivity contribution in [3.63, 3.8) is 0 Å². The molecule has 0 aliphatic heterocycles. The van der Waals surface area contributed by atoms with Crippen LogP contribution in [-0.4, -0.2) is 22.5 Å². The van der Waals surface area contributed by atoms with Crippen molar-refractivity contribution in [3.05, 3.63) is 18.1 Å². The molecule has 0 aromatic carbocycles. The normalized spacial score (nSPS) is 9.42. The van der Waals surface area contributed by atoms with Crippen molar-refractivity contribution >= 4 is 5.97 Å². The second-order valence-electron chi connectivity index (χ2n) is 1.93. The number of nitrogens with zero attached hydrogens (tertiary/aromatic N) is 2. The summed E-state index contributed by atoms with van der Waals surface area (Å²) in [6.45, 7) is 1.87. The Kier molecular flexibility index (Phi) is 2.57. The van der Waals surface area contributed by atoms with Gasteiger partial charge >= 0.3 is 11.8 Å². The maximum Gasteiger partial charge on any atom is 0.362 e. The third-order valence-electron chi connectivity index (χ3n) is 1.13. The second-order valence-corrected chi connectivity index (χ2v) is 1.93. The molecule has 0 saturated heterocycles. The van der Waals surface area contributed by atoms with Crippen molar-refractivity contribution < 1.29 is 14.6 Å². The molecule has 0 N–H and O–H groups in total. The van der Waals surface area contributed by atoms with E-state index < -0.39 is 11.8 Å². The van der Waals surface area contributed by atoms with Gasteiger partial charge in [0.05, 0.1) is 6.61 Å². The summed E-state index contributed by atoms with van der Waals surface area (Å²) in [4.78, 5) is 17.9. The van der Waals surface area contributed by atoms with E-state index >= 15 is 0 Å². The molecule has 1 radical (unpaired) electrons. The average molecular weight is 167 g/mol. The lowest BCUT2D eigenvalue weighted by atomic mass is 10.4. The van der Waals surface area contributed by atoms with Crippen molar-refractivity contribution in [2.75, 3.05) is 6.61 Å². The fourth-order valence-corrected chi connectivity index (χ4v) is 0.665. The van der Waals surface area contributed by atoms with Gasteiger partial charge in [0.15, 0.2) is 0 Å². The molecule has 63 valence electrons. The number of esters is 1. The van der Waals surface area contributed by atoms with Crippen LogP contribution in [0.25, 0.3) is 0 Å². The molecule has 1 aromatic rings. The zero-order valence-electron chi connectivity index (χ0n) is 6.48. The molecule has 0 aliphatic carbocycles. The molecule has 1 heterocycles. The minimum atomic E-state index is -0.726. The van der Waals surface area contributed by atoms with Crippen molar-refractivity contribution in [1.82, 2.24) is 9.97 Å². The van der Waals surface area contributed by atoms with Crippen molar-refractivity contribution in [2.45, 2.75) is 6.92 Å². The summed E-state index contributed by atoms with van der Waals surface area (Å²) in [5, 5.41) is 10.9. The largest absolute Gasteiger partial charge is 0.461 e. The highest BCUT2D eigenvalue weighted by atomic mass is 16.5. The second kappa shape index (κ2) is 3.66. The minimum absolute atomic E-state index is 0.217. The van der Waals surface area contributed by atoms with Crippen LogP contribution in [0.3, 0.4) is 0 Å². The van der Waals surface area contributed by atoms with Crippen LogP contribution in [-0.2, 0) is 9.84 Å². The SMILES string of the molecule is CCOC(=O)c1nccnc1[O]. The smallest absolute Gasteiger partial charge is 0.362 e. The molecular formula is C7H7N2O3. The van der Waals surface area contributed by atoms with Crippen LogP contribution >= 0.6 is 0 Å². The number of ether oxygens (including phenoxy) is 1. The maximum atomic E-state index is 10.9. The van der Waals surface area contributed by atoms with Crippen LogP contribution in [0, 0.1) is 0 Å². The number of carbonyl (C=O) groups is 1. The average Bonchev–Trinajstić information content (AvgIpc) is 2.05.